The van der Waals surface area contributed by atoms with Crippen LogP contribution in [0.2, 0.25) is 0 Å². The quantitative estimate of drug-likeness (QED) is 0.272. The third kappa shape index (κ3) is 5.53. The van der Waals surface area contributed by atoms with Crippen molar-refractivity contribution in [3.8, 4) is 5.75 Å². The Bertz CT molecular complexity index is 970. The van der Waals surface area contributed by atoms with Gasteiger partial charge in [0.2, 0.25) is 0 Å². The van der Waals surface area contributed by atoms with Crippen molar-refractivity contribution in [2.24, 2.45) is 0 Å². The van der Waals surface area contributed by atoms with Crippen molar-refractivity contribution in [3.63, 3.8) is 0 Å². The second-order valence-electron chi connectivity index (χ2n) is 6.38. The highest BCUT2D eigenvalue weighted by Crippen LogP contribution is 2.28. The normalized spacial score (nSPS) is 11.1. The van der Waals surface area contributed by atoms with E-state index in [9.17, 15) is 23.3 Å². The average Bonchev–Trinajstić information content (AvgIpc) is 2.64. The maximum absolute atomic E-state index is 11.4. The Labute approximate surface area is 163 Å². The first-order valence-electron chi connectivity index (χ1n) is 8.53. The number of hydrogen-bond donors (Lipinski definition) is 0. The van der Waals surface area contributed by atoms with Crippen molar-refractivity contribution in [1.82, 2.24) is 0 Å². The molecule has 0 spiro atoms. The van der Waals surface area contributed by atoms with E-state index in [-0.39, 0.29) is 16.4 Å². The molecule has 0 aliphatic rings. The van der Waals surface area contributed by atoms with Gasteiger partial charge in [-0.2, -0.15) is 0 Å². The zero-order valence-electron chi connectivity index (χ0n) is 15.9. The molecule has 0 radical (unpaired) electrons. The van der Waals surface area contributed by atoms with Gasteiger partial charge in [-0.25, -0.2) is 8.42 Å². The zero-order valence-corrected chi connectivity index (χ0v) is 16.7. The molecule has 0 atom stereocenters. The van der Waals surface area contributed by atoms with E-state index < -0.39 is 14.8 Å². The highest BCUT2D eigenvalue weighted by Gasteiger charge is 2.19. The lowest BCUT2D eigenvalue weighted by molar-refractivity contribution is -0.384. The maximum atomic E-state index is 11.4. The van der Waals surface area contributed by atoms with Crippen LogP contribution in [0.4, 0.5) is 11.4 Å². The number of sulfone groups is 1. The van der Waals surface area contributed by atoms with Gasteiger partial charge in [-0.05, 0) is 49.7 Å². The van der Waals surface area contributed by atoms with Gasteiger partial charge in [-0.3, -0.25) is 14.9 Å². The zero-order chi connectivity index (χ0) is 20.9. The molecule has 28 heavy (non-hydrogen) atoms. The molecule has 8 nitrogen and oxygen atoms in total. The standard InChI is InChI=1S/C19H22N2O6S/c1-14(22)15-5-10-18(19(13-15)21(23)24)20(2)11-4-12-27-16-6-8-17(9-7-16)28(3,25)26/h5-10,13H,4,11-12H2,1-3H3. The number of ketones is 1. The van der Waals surface area contributed by atoms with Gasteiger partial charge in [0.25, 0.3) is 5.69 Å². The van der Waals surface area contributed by atoms with E-state index in [2.05, 4.69) is 0 Å². The monoisotopic (exact) mass is 406 g/mol. The highest BCUT2D eigenvalue weighted by atomic mass is 32.2. The highest BCUT2D eigenvalue weighted by molar-refractivity contribution is 7.90. The summed E-state index contributed by atoms with van der Waals surface area (Å²) in [4.78, 5) is 24.2. The van der Waals surface area contributed by atoms with Crippen molar-refractivity contribution < 1.29 is 22.9 Å². The van der Waals surface area contributed by atoms with Crippen LogP contribution in [0, 0.1) is 10.1 Å². The Morgan fingerprint density at radius 1 is 1.18 bits per heavy atom. The molecule has 2 aromatic rings. The third-order valence-corrected chi connectivity index (χ3v) is 5.28. The smallest absolute Gasteiger partial charge is 0.293 e. The number of nitro groups is 1. The largest absolute Gasteiger partial charge is 0.494 e. The first-order chi connectivity index (χ1) is 13.1. The number of carbonyl (C=O) groups excluding carboxylic acids is 1. The van der Waals surface area contributed by atoms with Gasteiger partial charge >= 0.3 is 0 Å². The summed E-state index contributed by atoms with van der Waals surface area (Å²) in [6.07, 6.45) is 1.73. The van der Waals surface area contributed by atoms with Gasteiger partial charge in [0.1, 0.15) is 11.4 Å². The second-order valence-corrected chi connectivity index (χ2v) is 8.40. The fourth-order valence-corrected chi connectivity index (χ4v) is 3.24. The molecule has 150 valence electrons. The molecule has 0 aromatic heterocycles. The summed E-state index contributed by atoms with van der Waals surface area (Å²) in [5, 5.41) is 11.3. The van der Waals surface area contributed by atoms with Crippen LogP contribution in [0.1, 0.15) is 23.7 Å². The van der Waals surface area contributed by atoms with E-state index in [0.717, 1.165) is 6.26 Å². The number of hydrogen-bond acceptors (Lipinski definition) is 7. The molecule has 9 heteroatoms. The second kappa shape index (κ2) is 8.83. The van der Waals surface area contributed by atoms with Gasteiger partial charge in [0, 0.05) is 31.5 Å². The van der Waals surface area contributed by atoms with Gasteiger partial charge in [-0.1, -0.05) is 0 Å². The molecule has 0 fully saturated rings. The van der Waals surface area contributed by atoms with Crippen LogP contribution in [0.15, 0.2) is 47.4 Å². The lowest BCUT2D eigenvalue weighted by Gasteiger charge is -2.19. The fourth-order valence-electron chi connectivity index (χ4n) is 2.61. The molecule has 2 rings (SSSR count). The number of carbonyl (C=O) groups is 1. The summed E-state index contributed by atoms with van der Waals surface area (Å²) < 4.78 is 28.5. The van der Waals surface area contributed by atoms with Gasteiger partial charge in [-0.15, -0.1) is 0 Å². The van der Waals surface area contributed by atoms with Crippen molar-refractivity contribution in [2.75, 3.05) is 31.4 Å². The Hall–Kier alpha value is -2.94. The summed E-state index contributed by atoms with van der Waals surface area (Å²) in [5.74, 6) is 0.319. The summed E-state index contributed by atoms with van der Waals surface area (Å²) in [5.41, 5.74) is 0.602. The molecule has 0 saturated carbocycles. The predicted molar refractivity (Wildman–Crippen MR) is 106 cm³/mol. The van der Waals surface area contributed by atoms with Crippen LogP contribution >= 0.6 is 0 Å². The van der Waals surface area contributed by atoms with Crippen molar-refractivity contribution in [3.05, 3.63) is 58.1 Å². The Balaban J connectivity index is 1.94. The number of Topliss-reactive ketones (excluding diaryl/α,β-unsaturated/α-hetero) is 1. The summed E-state index contributed by atoms with van der Waals surface area (Å²) in [7, 11) is -1.51. The van der Waals surface area contributed by atoms with E-state index in [0.29, 0.717) is 36.6 Å². The molecular weight excluding hydrogens is 384 g/mol. The molecular formula is C19H22N2O6S. The Morgan fingerprint density at radius 3 is 2.36 bits per heavy atom. The van der Waals surface area contributed by atoms with E-state index in [1.165, 1.54) is 25.1 Å². The average molecular weight is 406 g/mol. The molecule has 0 bridgehead atoms. The number of nitrogens with zero attached hydrogens (tertiary/aromatic N) is 2. The van der Waals surface area contributed by atoms with Gasteiger partial charge in [0.05, 0.1) is 16.4 Å². The topological polar surface area (TPSA) is 107 Å². The molecule has 0 unspecified atom stereocenters. The maximum Gasteiger partial charge on any atom is 0.293 e. The SMILES string of the molecule is CC(=O)c1ccc(N(C)CCCOc2ccc(S(C)(=O)=O)cc2)c([N+](=O)[O-])c1. The molecule has 0 aliphatic carbocycles. The van der Waals surface area contributed by atoms with E-state index >= 15 is 0 Å². The summed E-state index contributed by atoms with van der Waals surface area (Å²) in [6, 6.07) is 10.6. The van der Waals surface area contributed by atoms with Crippen LogP contribution < -0.4 is 9.64 Å². The van der Waals surface area contributed by atoms with Crippen molar-refractivity contribution in [1.29, 1.82) is 0 Å². The van der Waals surface area contributed by atoms with Crippen LogP contribution in [-0.2, 0) is 9.84 Å². The van der Waals surface area contributed by atoms with Gasteiger partial charge < -0.3 is 9.64 Å². The number of benzene rings is 2. The minimum Gasteiger partial charge on any atom is -0.494 e. The van der Waals surface area contributed by atoms with Crippen molar-refractivity contribution in [2.45, 2.75) is 18.2 Å². The molecule has 0 aliphatic heterocycles. The summed E-state index contributed by atoms with van der Waals surface area (Å²) in [6.45, 7) is 2.23. The first-order valence-corrected chi connectivity index (χ1v) is 10.4. The third-order valence-electron chi connectivity index (χ3n) is 4.15. The minimum absolute atomic E-state index is 0.118. The number of ether oxygens (including phenoxy) is 1. The van der Waals surface area contributed by atoms with Crippen LogP contribution in [-0.4, -0.2) is 45.6 Å². The molecule has 2 aromatic carbocycles. The number of rotatable bonds is 9. The fraction of sp³-hybridized carbons (Fsp3) is 0.316. The Morgan fingerprint density at radius 2 is 1.82 bits per heavy atom. The van der Waals surface area contributed by atoms with Crippen molar-refractivity contribution >= 4 is 27.0 Å². The lowest BCUT2D eigenvalue weighted by atomic mass is 10.1. The van der Waals surface area contributed by atoms with Crippen LogP contribution in [0.5, 0.6) is 5.75 Å². The Kier molecular flexibility index (Phi) is 6.74. The minimum atomic E-state index is -3.24. The van der Waals surface area contributed by atoms with Gasteiger partial charge in [0.15, 0.2) is 15.6 Å². The van der Waals surface area contributed by atoms with Crippen LogP contribution in [0.25, 0.3) is 0 Å². The molecule has 0 saturated heterocycles. The van der Waals surface area contributed by atoms with Crippen LogP contribution in [0.3, 0.4) is 0 Å². The molecule has 0 amide bonds. The van der Waals surface area contributed by atoms with E-state index in [1.54, 1.807) is 36.2 Å². The van der Waals surface area contributed by atoms with E-state index in [1.807, 2.05) is 0 Å². The first kappa shape index (κ1) is 21.4. The molecule has 0 N–H and O–H groups in total. The predicted octanol–water partition coefficient (Wildman–Crippen LogP) is 3.11. The van der Waals surface area contributed by atoms with E-state index in [4.69, 9.17) is 4.74 Å². The summed E-state index contributed by atoms with van der Waals surface area (Å²) >= 11 is 0. The lowest BCUT2D eigenvalue weighted by Crippen LogP contribution is -2.21. The number of nitro benzene ring substituents is 1. The molecule has 0 heterocycles. The number of anilines is 1.